The van der Waals surface area contributed by atoms with Crippen molar-refractivity contribution < 1.29 is 28.6 Å². The summed E-state index contributed by atoms with van der Waals surface area (Å²) in [6, 6.07) is 8.62. The number of nitrogens with one attached hydrogen (secondary N) is 1. The van der Waals surface area contributed by atoms with Gasteiger partial charge in [0.25, 0.3) is 5.91 Å². The summed E-state index contributed by atoms with van der Waals surface area (Å²) < 4.78 is 16.3. The third-order valence-electron chi connectivity index (χ3n) is 3.75. The molecule has 0 spiro atoms. The molecule has 1 aliphatic heterocycles. The predicted molar refractivity (Wildman–Crippen MR) is 111 cm³/mol. The van der Waals surface area contributed by atoms with E-state index in [-0.39, 0.29) is 22.5 Å². The Kier molecular flexibility index (Phi) is 7.17. The zero-order valence-corrected chi connectivity index (χ0v) is 17.3. The lowest BCUT2D eigenvalue weighted by molar-refractivity contribution is -0.135. The number of aromatic nitrogens is 2. The van der Waals surface area contributed by atoms with Crippen molar-refractivity contribution >= 4 is 41.0 Å². The number of benzene rings is 1. The van der Waals surface area contributed by atoms with Gasteiger partial charge in [-0.25, -0.2) is 14.3 Å². The maximum Gasteiger partial charge on any atom is 0.358 e. The minimum absolute atomic E-state index is 0.0595. The molecule has 1 amide bonds. The van der Waals surface area contributed by atoms with Crippen LogP contribution in [0.4, 0.5) is 0 Å². The first-order valence-electron chi connectivity index (χ1n) is 8.73. The quantitative estimate of drug-likeness (QED) is 0.293. The lowest BCUT2D eigenvalue weighted by Crippen LogP contribution is -2.19. The molecule has 12 heteroatoms. The fourth-order valence-electron chi connectivity index (χ4n) is 2.29. The molecule has 0 radical (unpaired) electrons. The maximum atomic E-state index is 11.8. The minimum Gasteiger partial charge on any atom is -0.471 e. The topological polar surface area (TPSA) is 133 Å². The highest BCUT2D eigenvalue weighted by molar-refractivity contribution is 8.18. The highest BCUT2D eigenvalue weighted by atomic mass is 32.2. The lowest BCUT2D eigenvalue weighted by Gasteiger charge is -2.08. The van der Waals surface area contributed by atoms with Crippen LogP contribution < -0.4 is 10.1 Å². The smallest absolute Gasteiger partial charge is 0.358 e. The van der Waals surface area contributed by atoms with Gasteiger partial charge in [-0.05, 0) is 30.0 Å². The number of methoxy groups -OCH3 is 2. The number of amides is 1. The van der Waals surface area contributed by atoms with E-state index in [0.29, 0.717) is 11.3 Å². The summed E-state index contributed by atoms with van der Waals surface area (Å²) in [5.74, 6) is -1.12. The molecule has 160 valence electrons. The van der Waals surface area contributed by atoms with E-state index in [9.17, 15) is 14.4 Å². The van der Waals surface area contributed by atoms with E-state index < -0.39 is 17.8 Å². The van der Waals surface area contributed by atoms with Crippen molar-refractivity contribution in [1.29, 1.82) is 0 Å². The second kappa shape index (κ2) is 10.2. The highest BCUT2D eigenvalue weighted by Crippen LogP contribution is 2.23. The number of thioether (sulfide) groups is 1. The molecule has 1 N–H and O–H groups in total. The Hall–Kier alpha value is -3.93. The van der Waals surface area contributed by atoms with Gasteiger partial charge < -0.3 is 14.2 Å². The third kappa shape index (κ3) is 5.79. The van der Waals surface area contributed by atoms with E-state index in [1.54, 1.807) is 30.5 Å². The van der Waals surface area contributed by atoms with Crippen LogP contribution in [-0.2, 0) is 25.8 Å². The monoisotopic (exact) mass is 443 g/mol. The van der Waals surface area contributed by atoms with Gasteiger partial charge in [0.1, 0.15) is 5.75 Å². The summed E-state index contributed by atoms with van der Waals surface area (Å²) in [5, 5.41) is 14.7. The third-order valence-corrected chi connectivity index (χ3v) is 4.65. The van der Waals surface area contributed by atoms with Crippen LogP contribution in [0.25, 0.3) is 0 Å². The molecule has 3 rings (SSSR count). The first-order valence-corrected chi connectivity index (χ1v) is 9.55. The van der Waals surface area contributed by atoms with Gasteiger partial charge in [0.2, 0.25) is 0 Å². The molecule has 11 nitrogen and oxygen atoms in total. The molecule has 1 saturated heterocycles. The Balaban J connectivity index is 1.65. The van der Waals surface area contributed by atoms with Gasteiger partial charge in [-0.1, -0.05) is 12.1 Å². The standard InChI is InChI=1S/C19H17N5O6S/c1-28-16(25)9-15-17(26)21-19(31-15)22-20-10-12-5-3-4-6-14(12)30-11-24-8-7-13(23-24)18(27)29-2/h3-10H,11H2,1-2H3,(H,21,22,26)/b15-9+,20-10?. The first-order chi connectivity index (χ1) is 15.0. The minimum atomic E-state index is -0.635. The molecule has 0 saturated carbocycles. The number of nitrogens with zero attached hydrogens (tertiary/aromatic N) is 4. The zero-order chi connectivity index (χ0) is 22.2. The average molecular weight is 443 g/mol. The molecule has 2 heterocycles. The second-order valence-corrected chi connectivity index (χ2v) is 6.81. The Bertz CT molecular complexity index is 1090. The molecule has 0 unspecified atom stereocenters. The Labute approximate surface area is 180 Å². The van der Waals surface area contributed by atoms with E-state index in [0.717, 1.165) is 17.8 Å². The molecule has 0 aliphatic carbocycles. The molecule has 1 aliphatic rings. The number of carbonyl (C=O) groups is 3. The summed E-state index contributed by atoms with van der Waals surface area (Å²) in [6.07, 6.45) is 4.13. The molecule has 31 heavy (non-hydrogen) atoms. The Morgan fingerprint density at radius 2 is 2.03 bits per heavy atom. The van der Waals surface area contributed by atoms with Crippen molar-refractivity contribution in [2.24, 2.45) is 10.2 Å². The van der Waals surface area contributed by atoms with Gasteiger partial charge in [-0.2, -0.15) is 10.2 Å². The first kappa shape index (κ1) is 21.8. The van der Waals surface area contributed by atoms with Crippen molar-refractivity contribution in [3.05, 3.63) is 58.8 Å². The molecular formula is C19H17N5O6S. The van der Waals surface area contributed by atoms with E-state index in [2.05, 4.69) is 30.1 Å². The summed E-state index contributed by atoms with van der Waals surface area (Å²) in [4.78, 5) is 34.7. The SMILES string of the molecule is COC(=O)/C=C1/S/C(=N\N=Cc2ccccc2OCn2ccc(C(=O)OC)n2)NC1=O. The van der Waals surface area contributed by atoms with Crippen LogP contribution in [-0.4, -0.2) is 53.2 Å². The van der Waals surface area contributed by atoms with Crippen molar-refractivity contribution in [3.8, 4) is 5.75 Å². The number of rotatable bonds is 7. The highest BCUT2D eigenvalue weighted by Gasteiger charge is 2.25. The van der Waals surface area contributed by atoms with E-state index in [4.69, 9.17) is 4.74 Å². The van der Waals surface area contributed by atoms with E-state index >= 15 is 0 Å². The fraction of sp³-hybridized carbons (Fsp3) is 0.158. The Morgan fingerprint density at radius 1 is 1.23 bits per heavy atom. The van der Waals surface area contributed by atoms with Crippen LogP contribution >= 0.6 is 11.8 Å². The number of amidine groups is 1. The summed E-state index contributed by atoms with van der Waals surface area (Å²) >= 11 is 0.971. The van der Waals surface area contributed by atoms with Crippen LogP contribution in [0.3, 0.4) is 0 Å². The number of hydrogen-bond donors (Lipinski definition) is 1. The lowest BCUT2D eigenvalue weighted by atomic mass is 10.2. The van der Waals surface area contributed by atoms with Crippen LogP contribution in [0.1, 0.15) is 16.1 Å². The molecule has 2 aromatic rings. The number of hydrogen-bond acceptors (Lipinski definition) is 10. The molecule has 1 aromatic carbocycles. The summed E-state index contributed by atoms with van der Waals surface area (Å²) in [7, 11) is 2.50. The van der Waals surface area contributed by atoms with Crippen molar-refractivity contribution in [3.63, 3.8) is 0 Å². The number of carbonyl (C=O) groups excluding carboxylic acids is 3. The van der Waals surface area contributed by atoms with Gasteiger partial charge in [0, 0.05) is 17.8 Å². The summed E-state index contributed by atoms with van der Waals surface area (Å²) in [6.45, 7) is 0.0595. The zero-order valence-electron chi connectivity index (χ0n) is 16.5. The van der Waals surface area contributed by atoms with Gasteiger partial charge >= 0.3 is 11.9 Å². The van der Waals surface area contributed by atoms with Gasteiger partial charge in [-0.3, -0.25) is 10.1 Å². The predicted octanol–water partition coefficient (Wildman–Crippen LogP) is 1.32. The number of esters is 2. The van der Waals surface area contributed by atoms with E-state index in [1.165, 1.54) is 31.2 Å². The molecule has 0 bridgehead atoms. The van der Waals surface area contributed by atoms with Crippen LogP contribution in [0.5, 0.6) is 5.75 Å². The maximum absolute atomic E-state index is 11.8. The van der Waals surface area contributed by atoms with Gasteiger partial charge in [-0.15, -0.1) is 5.10 Å². The van der Waals surface area contributed by atoms with E-state index in [1.807, 2.05) is 0 Å². The summed E-state index contributed by atoms with van der Waals surface area (Å²) in [5.41, 5.74) is 0.806. The molecule has 1 aromatic heterocycles. The van der Waals surface area contributed by atoms with Gasteiger partial charge in [0.15, 0.2) is 17.6 Å². The largest absolute Gasteiger partial charge is 0.471 e. The number of ether oxygens (including phenoxy) is 3. The molecular weight excluding hydrogens is 426 g/mol. The van der Waals surface area contributed by atoms with Gasteiger partial charge in [0.05, 0.1) is 25.3 Å². The average Bonchev–Trinajstić information content (AvgIpc) is 3.39. The van der Waals surface area contributed by atoms with Crippen LogP contribution in [0.15, 0.2) is 57.7 Å². The second-order valence-electron chi connectivity index (χ2n) is 5.78. The van der Waals surface area contributed by atoms with Crippen LogP contribution in [0, 0.1) is 0 Å². The fourth-order valence-corrected chi connectivity index (χ4v) is 3.02. The normalized spacial score (nSPS) is 16.0. The van der Waals surface area contributed by atoms with Crippen molar-refractivity contribution in [1.82, 2.24) is 15.1 Å². The number of para-hydroxylation sites is 1. The van der Waals surface area contributed by atoms with Crippen molar-refractivity contribution in [2.45, 2.75) is 6.73 Å². The van der Waals surface area contributed by atoms with Crippen molar-refractivity contribution in [2.75, 3.05) is 14.2 Å². The molecule has 0 atom stereocenters. The Morgan fingerprint density at radius 3 is 2.81 bits per heavy atom. The molecule has 1 fully saturated rings. The van der Waals surface area contributed by atoms with Crippen LogP contribution in [0.2, 0.25) is 0 Å².